The molecule has 1 fully saturated rings. The first-order valence-corrected chi connectivity index (χ1v) is 6.09. The van der Waals surface area contributed by atoms with Gasteiger partial charge in [-0.1, -0.05) is 30.3 Å². The lowest BCUT2D eigenvalue weighted by Crippen LogP contribution is -2.25. The van der Waals surface area contributed by atoms with E-state index in [1.165, 1.54) is 4.90 Å². The third-order valence-corrected chi connectivity index (χ3v) is 3.23. The van der Waals surface area contributed by atoms with Crippen molar-refractivity contribution in [3.63, 3.8) is 0 Å². The van der Waals surface area contributed by atoms with Gasteiger partial charge in [-0.05, 0) is 12.5 Å². The predicted octanol–water partition coefficient (Wildman–Crippen LogP) is 1.69. The molecule has 0 unspecified atom stereocenters. The van der Waals surface area contributed by atoms with Gasteiger partial charge in [0.2, 0.25) is 5.91 Å². The first-order chi connectivity index (χ1) is 9.16. The number of aromatic nitrogens is 2. The number of carbonyl (C=O) groups is 2. The van der Waals surface area contributed by atoms with E-state index in [4.69, 9.17) is 0 Å². The third kappa shape index (κ3) is 1.93. The molecule has 0 spiro atoms. The van der Waals surface area contributed by atoms with E-state index in [2.05, 4.69) is 10.2 Å². The monoisotopic (exact) mass is 255 g/mol. The molecule has 1 aliphatic heterocycles. The van der Waals surface area contributed by atoms with Crippen molar-refractivity contribution in [2.45, 2.75) is 13.3 Å². The number of rotatable bonds is 2. The van der Waals surface area contributed by atoms with E-state index < -0.39 is 0 Å². The summed E-state index contributed by atoms with van der Waals surface area (Å²) in [5, 5.41) is 7.08. The van der Waals surface area contributed by atoms with Gasteiger partial charge in [0.1, 0.15) is 0 Å². The summed E-state index contributed by atoms with van der Waals surface area (Å²) >= 11 is 0. The summed E-state index contributed by atoms with van der Waals surface area (Å²) in [6.07, 6.45) is -0.0276. The maximum absolute atomic E-state index is 11.8. The molecule has 2 aromatic rings. The van der Waals surface area contributed by atoms with Crippen LogP contribution in [0.4, 0.5) is 5.82 Å². The van der Waals surface area contributed by atoms with Crippen LogP contribution in [0.3, 0.4) is 0 Å². The van der Waals surface area contributed by atoms with Crippen molar-refractivity contribution in [1.82, 2.24) is 10.2 Å². The maximum atomic E-state index is 11.8. The minimum Gasteiger partial charge on any atom is -0.297 e. The SMILES string of the molecule is Cc1[nH]nc(N2CC(=O)CC2=O)c1-c1ccccc1. The van der Waals surface area contributed by atoms with E-state index in [9.17, 15) is 9.59 Å². The summed E-state index contributed by atoms with van der Waals surface area (Å²) in [5.41, 5.74) is 2.74. The molecule has 5 heteroatoms. The van der Waals surface area contributed by atoms with Crippen molar-refractivity contribution >= 4 is 17.5 Å². The fraction of sp³-hybridized carbons (Fsp3) is 0.214. The molecule has 19 heavy (non-hydrogen) atoms. The van der Waals surface area contributed by atoms with Crippen LogP contribution in [0.15, 0.2) is 30.3 Å². The summed E-state index contributed by atoms with van der Waals surface area (Å²) in [5.74, 6) is 0.290. The van der Waals surface area contributed by atoms with Crippen molar-refractivity contribution in [2.24, 2.45) is 0 Å². The third-order valence-electron chi connectivity index (χ3n) is 3.23. The van der Waals surface area contributed by atoms with Gasteiger partial charge in [0, 0.05) is 11.3 Å². The van der Waals surface area contributed by atoms with Crippen molar-refractivity contribution in [1.29, 1.82) is 0 Å². The van der Waals surface area contributed by atoms with Crippen LogP contribution in [-0.2, 0) is 9.59 Å². The Morgan fingerprint density at radius 3 is 2.58 bits per heavy atom. The zero-order chi connectivity index (χ0) is 13.4. The molecule has 1 aliphatic rings. The van der Waals surface area contributed by atoms with Crippen LogP contribution in [0.5, 0.6) is 0 Å². The van der Waals surface area contributed by atoms with Crippen molar-refractivity contribution < 1.29 is 9.59 Å². The van der Waals surface area contributed by atoms with Gasteiger partial charge in [0.05, 0.1) is 13.0 Å². The summed E-state index contributed by atoms with van der Waals surface area (Å²) < 4.78 is 0. The lowest BCUT2D eigenvalue weighted by atomic mass is 10.1. The van der Waals surface area contributed by atoms with Crippen molar-refractivity contribution in [2.75, 3.05) is 11.4 Å². The molecule has 1 aromatic heterocycles. The molecule has 0 aliphatic carbocycles. The van der Waals surface area contributed by atoms with Crippen molar-refractivity contribution in [3.8, 4) is 11.1 Å². The van der Waals surface area contributed by atoms with Crippen LogP contribution in [0, 0.1) is 6.92 Å². The molecule has 1 aromatic carbocycles. The number of hydrogen-bond acceptors (Lipinski definition) is 3. The largest absolute Gasteiger partial charge is 0.297 e. The minimum atomic E-state index is -0.186. The molecular formula is C14H13N3O2. The average molecular weight is 255 g/mol. The lowest BCUT2D eigenvalue weighted by molar-refractivity contribution is -0.121. The molecule has 0 bridgehead atoms. The van der Waals surface area contributed by atoms with Gasteiger partial charge in [-0.25, -0.2) is 0 Å². The fourth-order valence-corrected chi connectivity index (χ4v) is 2.34. The van der Waals surface area contributed by atoms with Gasteiger partial charge in [0.25, 0.3) is 0 Å². The highest BCUT2D eigenvalue weighted by atomic mass is 16.2. The second-order valence-electron chi connectivity index (χ2n) is 4.61. The van der Waals surface area contributed by atoms with Gasteiger partial charge in [-0.15, -0.1) is 0 Å². The van der Waals surface area contributed by atoms with Crippen LogP contribution in [0.2, 0.25) is 0 Å². The number of benzene rings is 1. The average Bonchev–Trinajstić information content (AvgIpc) is 2.93. The molecule has 5 nitrogen and oxygen atoms in total. The van der Waals surface area contributed by atoms with Crippen LogP contribution in [-0.4, -0.2) is 28.4 Å². The molecule has 0 atom stereocenters. The number of carbonyl (C=O) groups excluding carboxylic acids is 2. The van der Waals surface area contributed by atoms with Gasteiger partial charge < -0.3 is 0 Å². The number of aromatic amines is 1. The quantitative estimate of drug-likeness (QED) is 0.830. The predicted molar refractivity (Wildman–Crippen MR) is 70.7 cm³/mol. The van der Waals surface area contributed by atoms with Crippen molar-refractivity contribution in [3.05, 3.63) is 36.0 Å². The Morgan fingerprint density at radius 2 is 1.95 bits per heavy atom. The fourth-order valence-electron chi connectivity index (χ4n) is 2.34. The van der Waals surface area contributed by atoms with Crippen LogP contribution in [0.1, 0.15) is 12.1 Å². The Morgan fingerprint density at radius 1 is 1.21 bits per heavy atom. The number of Topliss-reactive ketones (excluding diaryl/α,β-unsaturated/α-hetero) is 1. The van der Waals surface area contributed by atoms with E-state index in [0.717, 1.165) is 16.8 Å². The number of hydrogen-bond donors (Lipinski definition) is 1. The molecule has 1 amide bonds. The summed E-state index contributed by atoms with van der Waals surface area (Å²) in [4.78, 5) is 24.7. The maximum Gasteiger partial charge on any atom is 0.236 e. The van der Waals surface area contributed by atoms with Gasteiger partial charge in [-0.2, -0.15) is 5.10 Å². The van der Waals surface area contributed by atoms with E-state index in [0.29, 0.717) is 5.82 Å². The molecular weight excluding hydrogens is 242 g/mol. The molecule has 2 heterocycles. The van der Waals surface area contributed by atoms with Gasteiger partial charge in [-0.3, -0.25) is 19.6 Å². The Hall–Kier alpha value is -2.43. The highest BCUT2D eigenvalue weighted by Crippen LogP contribution is 2.33. The zero-order valence-corrected chi connectivity index (χ0v) is 10.5. The smallest absolute Gasteiger partial charge is 0.236 e. The van der Waals surface area contributed by atoms with E-state index >= 15 is 0 Å². The number of nitrogens with one attached hydrogen (secondary N) is 1. The summed E-state index contributed by atoms with van der Waals surface area (Å²) in [6, 6.07) is 9.72. The Labute approximate surface area is 110 Å². The minimum absolute atomic E-state index is 0.0276. The van der Waals surface area contributed by atoms with E-state index in [1.807, 2.05) is 37.3 Å². The Kier molecular flexibility index (Phi) is 2.67. The molecule has 3 rings (SSSR count). The lowest BCUT2D eigenvalue weighted by Gasteiger charge is -2.13. The van der Waals surface area contributed by atoms with Gasteiger partial charge in [0.15, 0.2) is 11.6 Å². The second kappa shape index (κ2) is 4.35. The zero-order valence-electron chi connectivity index (χ0n) is 10.5. The summed E-state index contributed by atoms with van der Waals surface area (Å²) in [7, 11) is 0. The number of anilines is 1. The van der Waals surface area contributed by atoms with E-state index in [-0.39, 0.29) is 24.7 Å². The standard InChI is InChI=1S/C14H13N3O2/c1-9-13(10-5-3-2-4-6-10)14(16-15-9)17-8-11(18)7-12(17)19/h2-6H,7-8H2,1H3,(H,15,16). The normalized spacial score (nSPS) is 15.3. The van der Waals surface area contributed by atoms with Crippen LogP contribution < -0.4 is 4.90 Å². The van der Waals surface area contributed by atoms with Gasteiger partial charge >= 0.3 is 0 Å². The molecule has 96 valence electrons. The highest BCUT2D eigenvalue weighted by molar-refractivity contribution is 6.15. The Bertz CT molecular complexity index is 646. The number of ketones is 1. The number of aryl methyl sites for hydroxylation is 1. The first kappa shape index (κ1) is 11.6. The van der Waals surface area contributed by atoms with Crippen LogP contribution >= 0.6 is 0 Å². The number of H-pyrrole nitrogens is 1. The van der Waals surface area contributed by atoms with Crippen LogP contribution in [0.25, 0.3) is 11.1 Å². The molecule has 1 N–H and O–H groups in total. The second-order valence-corrected chi connectivity index (χ2v) is 4.61. The number of nitrogens with zero attached hydrogens (tertiary/aromatic N) is 2. The molecule has 1 saturated heterocycles. The topological polar surface area (TPSA) is 66.1 Å². The highest BCUT2D eigenvalue weighted by Gasteiger charge is 2.32. The number of amides is 1. The molecule has 0 radical (unpaired) electrons. The summed E-state index contributed by atoms with van der Waals surface area (Å²) in [6.45, 7) is 2.02. The Balaban J connectivity index is 2.09. The first-order valence-electron chi connectivity index (χ1n) is 6.09. The molecule has 0 saturated carbocycles. The van der Waals surface area contributed by atoms with E-state index in [1.54, 1.807) is 0 Å².